The molecular formula is C20H22N2O8. The zero-order valence-electron chi connectivity index (χ0n) is 17.0. The number of carbonyl (C=O) groups is 2. The van der Waals surface area contributed by atoms with Crippen molar-refractivity contribution < 1.29 is 33.5 Å². The number of hydrogen-bond donors (Lipinski definition) is 1. The zero-order chi connectivity index (χ0) is 22.3. The van der Waals surface area contributed by atoms with E-state index >= 15 is 0 Å². The van der Waals surface area contributed by atoms with Gasteiger partial charge in [-0.15, -0.1) is 0 Å². The van der Waals surface area contributed by atoms with E-state index in [1.54, 1.807) is 12.1 Å². The quantitative estimate of drug-likeness (QED) is 0.374. The van der Waals surface area contributed by atoms with Gasteiger partial charge in [0, 0.05) is 29.8 Å². The second kappa shape index (κ2) is 10.1. The number of nitrogens with zero attached hydrogens (tertiary/aromatic N) is 1. The molecule has 0 bridgehead atoms. The van der Waals surface area contributed by atoms with Crippen molar-refractivity contribution in [3.8, 4) is 17.2 Å². The third kappa shape index (κ3) is 5.16. The van der Waals surface area contributed by atoms with E-state index in [4.69, 9.17) is 18.9 Å². The minimum Gasteiger partial charge on any atom is -0.496 e. The van der Waals surface area contributed by atoms with Gasteiger partial charge < -0.3 is 24.3 Å². The molecule has 1 amide bonds. The number of amides is 1. The first-order valence-corrected chi connectivity index (χ1v) is 8.79. The number of hydrogen-bond acceptors (Lipinski definition) is 8. The molecule has 160 valence electrons. The van der Waals surface area contributed by atoms with E-state index < -0.39 is 23.4 Å². The predicted molar refractivity (Wildman–Crippen MR) is 106 cm³/mol. The van der Waals surface area contributed by atoms with E-state index in [0.29, 0.717) is 22.8 Å². The topological polar surface area (TPSA) is 126 Å². The van der Waals surface area contributed by atoms with Gasteiger partial charge in [-0.05, 0) is 19.1 Å². The van der Waals surface area contributed by atoms with Crippen LogP contribution in [0.2, 0.25) is 0 Å². The summed E-state index contributed by atoms with van der Waals surface area (Å²) in [7, 11) is 4.47. The van der Waals surface area contributed by atoms with Crippen LogP contribution in [-0.2, 0) is 16.1 Å². The van der Waals surface area contributed by atoms with Crippen LogP contribution in [0.4, 0.5) is 5.69 Å². The SMILES string of the molecule is COc1cc(OC)c(OC)cc1CNC(=O)COC(=O)c1cccc([N+](=O)[O-])c1C. The largest absolute Gasteiger partial charge is 0.496 e. The maximum atomic E-state index is 12.2. The Bertz CT molecular complexity index is 958. The van der Waals surface area contributed by atoms with E-state index in [0.717, 1.165) is 0 Å². The monoisotopic (exact) mass is 418 g/mol. The number of rotatable bonds is 9. The molecule has 30 heavy (non-hydrogen) atoms. The maximum absolute atomic E-state index is 12.2. The number of methoxy groups -OCH3 is 3. The van der Waals surface area contributed by atoms with Crippen molar-refractivity contribution in [2.45, 2.75) is 13.5 Å². The lowest BCUT2D eigenvalue weighted by molar-refractivity contribution is -0.385. The molecule has 0 aromatic heterocycles. The van der Waals surface area contributed by atoms with Crippen LogP contribution in [0, 0.1) is 17.0 Å². The Morgan fingerprint density at radius 2 is 1.67 bits per heavy atom. The molecule has 0 saturated carbocycles. The number of carbonyl (C=O) groups excluding carboxylic acids is 2. The van der Waals surface area contributed by atoms with Gasteiger partial charge in [-0.25, -0.2) is 4.79 Å². The summed E-state index contributed by atoms with van der Waals surface area (Å²) in [5.41, 5.74) is 0.625. The van der Waals surface area contributed by atoms with Crippen LogP contribution in [-0.4, -0.2) is 44.7 Å². The van der Waals surface area contributed by atoms with Gasteiger partial charge in [0.1, 0.15) is 5.75 Å². The molecule has 0 fully saturated rings. The summed E-state index contributed by atoms with van der Waals surface area (Å²) < 4.78 is 20.7. The fourth-order valence-electron chi connectivity index (χ4n) is 2.73. The van der Waals surface area contributed by atoms with Crippen LogP contribution in [0.25, 0.3) is 0 Å². The van der Waals surface area contributed by atoms with Crippen LogP contribution in [0.3, 0.4) is 0 Å². The summed E-state index contributed by atoms with van der Waals surface area (Å²) >= 11 is 0. The molecule has 0 aliphatic carbocycles. The molecule has 1 N–H and O–H groups in total. The summed E-state index contributed by atoms with van der Waals surface area (Å²) in [6, 6.07) is 7.36. The lowest BCUT2D eigenvalue weighted by atomic mass is 10.1. The third-order valence-corrected chi connectivity index (χ3v) is 4.32. The van der Waals surface area contributed by atoms with E-state index in [-0.39, 0.29) is 23.4 Å². The summed E-state index contributed by atoms with van der Waals surface area (Å²) in [5.74, 6) is 0.0521. The number of nitro benzene ring substituents is 1. The van der Waals surface area contributed by atoms with Crippen LogP contribution in [0.15, 0.2) is 30.3 Å². The molecule has 0 aliphatic heterocycles. The Hall–Kier alpha value is -3.82. The van der Waals surface area contributed by atoms with Crippen LogP contribution in [0.5, 0.6) is 17.2 Å². The van der Waals surface area contributed by atoms with Crippen molar-refractivity contribution in [1.29, 1.82) is 0 Å². The fourth-order valence-corrected chi connectivity index (χ4v) is 2.73. The first kappa shape index (κ1) is 22.5. The van der Waals surface area contributed by atoms with Crippen LogP contribution >= 0.6 is 0 Å². The predicted octanol–water partition coefficient (Wildman–Crippen LogP) is 2.40. The molecule has 2 aromatic carbocycles. The first-order chi connectivity index (χ1) is 14.3. The van der Waals surface area contributed by atoms with E-state index in [1.807, 2.05) is 0 Å². The smallest absolute Gasteiger partial charge is 0.339 e. The summed E-state index contributed by atoms with van der Waals surface area (Å²) in [5, 5.41) is 13.6. The standard InChI is InChI=1S/C20H22N2O8/c1-12-14(6-5-7-15(12)22(25)26)20(24)30-11-19(23)21-10-13-8-17(28-3)18(29-4)9-16(13)27-2/h5-9H,10-11H2,1-4H3,(H,21,23). The maximum Gasteiger partial charge on any atom is 0.339 e. The normalized spacial score (nSPS) is 10.1. The highest BCUT2D eigenvalue weighted by Gasteiger charge is 2.20. The minimum absolute atomic E-state index is 0.0264. The average molecular weight is 418 g/mol. The Morgan fingerprint density at radius 1 is 1.03 bits per heavy atom. The summed E-state index contributed by atoms with van der Waals surface area (Å²) in [4.78, 5) is 34.7. The van der Waals surface area contributed by atoms with Crippen molar-refractivity contribution in [3.05, 3.63) is 57.1 Å². The van der Waals surface area contributed by atoms with Gasteiger partial charge >= 0.3 is 5.97 Å². The fraction of sp³-hybridized carbons (Fsp3) is 0.300. The summed E-state index contributed by atoms with van der Waals surface area (Å²) in [6.07, 6.45) is 0. The van der Waals surface area contributed by atoms with Crippen LogP contribution in [0.1, 0.15) is 21.5 Å². The number of benzene rings is 2. The van der Waals surface area contributed by atoms with Gasteiger partial charge in [-0.3, -0.25) is 14.9 Å². The molecule has 0 atom stereocenters. The first-order valence-electron chi connectivity index (χ1n) is 8.79. The highest BCUT2D eigenvalue weighted by atomic mass is 16.6. The molecule has 0 spiro atoms. The van der Waals surface area contributed by atoms with E-state index in [2.05, 4.69) is 5.32 Å². The second-order valence-electron chi connectivity index (χ2n) is 6.08. The van der Waals surface area contributed by atoms with Crippen molar-refractivity contribution in [2.24, 2.45) is 0 Å². The van der Waals surface area contributed by atoms with E-state index in [1.165, 1.54) is 46.5 Å². The Kier molecular flexibility index (Phi) is 7.56. The molecule has 0 radical (unpaired) electrons. The molecule has 0 aliphatic rings. The van der Waals surface area contributed by atoms with Crippen molar-refractivity contribution in [3.63, 3.8) is 0 Å². The Morgan fingerprint density at radius 3 is 2.27 bits per heavy atom. The lowest BCUT2D eigenvalue weighted by Gasteiger charge is -2.14. The molecule has 0 unspecified atom stereocenters. The number of ether oxygens (including phenoxy) is 4. The highest BCUT2D eigenvalue weighted by molar-refractivity contribution is 5.93. The van der Waals surface area contributed by atoms with Crippen molar-refractivity contribution in [1.82, 2.24) is 5.32 Å². The number of nitrogens with one attached hydrogen (secondary N) is 1. The lowest BCUT2D eigenvalue weighted by Crippen LogP contribution is -2.28. The molecule has 10 heteroatoms. The van der Waals surface area contributed by atoms with Gasteiger partial charge in [-0.1, -0.05) is 6.07 Å². The third-order valence-electron chi connectivity index (χ3n) is 4.32. The Balaban J connectivity index is 2.00. The highest BCUT2D eigenvalue weighted by Crippen LogP contribution is 2.34. The Labute approximate surface area is 172 Å². The van der Waals surface area contributed by atoms with Crippen LogP contribution < -0.4 is 19.5 Å². The average Bonchev–Trinajstić information content (AvgIpc) is 2.75. The molecular weight excluding hydrogens is 396 g/mol. The van der Waals surface area contributed by atoms with Gasteiger partial charge in [-0.2, -0.15) is 0 Å². The molecule has 2 rings (SSSR count). The van der Waals surface area contributed by atoms with Crippen molar-refractivity contribution in [2.75, 3.05) is 27.9 Å². The number of esters is 1. The summed E-state index contributed by atoms with van der Waals surface area (Å²) in [6.45, 7) is 0.991. The molecule has 0 heterocycles. The van der Waals surface area contributed by atoms with Gasteiger partial charge in [0.15, 0.2) is 18.1 Å². The van der Waals surface area contributed by atoms with E-state index in [9.17, 15) is 19.7 Å². The molecule has 10 nitrogen and oxygen atoms in total. The molecule has 2 aromatic rings. The minimum atomic E-state index is -0.824. The van der Waals surface area contributed by atoms with Crippen molar-refractivity contribution >= 4 is 17.6 Å². The van der Waals surface area contributed by atoms with Gasteiger partial charge in [0.2, 0.25) is 0 Å². The second-order valence-corrected chi connectivity index (χ2v) is 6.08. The van der Waals surface area contributed by atoms with Gasteiger partial charge in [0.25, 0.3) is 11.6 Å². The number of nitro groups is 1. The molecule has 0 saturated heterocycles. The zero-order valence-corrected chi connectivity index (χ0v) is 17.0. The van der Waals surface area contributed by atoms with Gasteiger partial charge in [0.05, 0.1) is 31.8 Å².